The van der Waals surface area contributed by atoms with Gasteiger partial charge in [-0.2, -0.15) is 4.31 Å². The molecule has 0 saturated carbocycles. The van der Waals surface area contributed by atoms with Gasteiger partial charge >= 0.3 is 0 Å². The first-order chi connectivity index (χ1) is 17.8. The van der Waals surface area contributed by atoms with Crippen molar-refractivity contribution in [3.63, 3.8) is 0 Å². The molecule has 6 nitrogen and oxygen atoms in total. The van der Waals surface area contributed by atoms with Crippen molar-refractivity contribution in [2.24, 2.45) is 0 Å². The quantitative estimate of drug-likeness (QED) is 0.432. The molecule has 0 N–H and O–H groups in total. The molecule has 0 spiro atoms. The van der Waals surface area contributed by atoms with Gasteiger partial charge in [-0.3, -0.25) is 4.79 Å². The Morgan fingerprint density at radius 2 is 1.73 bits per heavy atom. The molecule has 2 aliphatic heterocycles. The van der Waals surface area contributed by atoms with Crippen molar-refractivity contribution in [2.75, 3.05) is 33.2 Å². The molecule has 0 aliphatic carbocycles. The predicted molar refractivity (Wildman–Crippen MR) is 148 cm³/mol. The minimum Gasteiger partial charge on any atom is -0.341 e. The van der Waals surface area contributed by atoms with Gasteiger partial charge in [0.05, 0.1) is 4.90 Å². The third kappa shape index (κ3) is 5.55. The Hall–Kier alpha value is -2.45. The number of carbonyl (C=O) groups excluding carboxylic acids is 1. The standard InChI is InChI=1S/C29H34ClN3O3S/c1-31(24-15-19-32(20-16-24)18-14-22-7-3-2-4-8-22)29(34)28-11-6-17-33(28)37(35,36)25-12-13-26-23(21-25)9-5-10-27(26)30/h2-5,7-10,12-13,21,24,28H,6,11,14-20H2,1H3/t28-/m0/s1. The summed E-state index contributed by atoms with van der Waals surface area (Å²) >= 11 is 6.27. The highest BCUT2D eigenvalue weighted by atomic mass is 35.5. The number of fused-ring (bicyclic) bond motifs is 1. The molecule has 8 heteroatoms. The number of piperidine rings is 1. The molecule has 2 aliphatic rings. The van der Waals surface area contributed by atoms with Crippen molar-refractivity contribution in [1.82, 2.24) is 14.1 Å². The van der Waals surface area contributed by atoms with Crippen molar-refractivity contribution >= 4 is 38.3 Å². The smallest absolute Gasteiger partial charge is 0.243 e. The summed E-state index contributed by atoms with van der Waals surface area (Å²) in [6, 6.07) is 20.4. The Morgan fingerprint density at radius 3 is 2.49 bits per heavy atom. The maximum atomic E-state index is 13.6. The number of halogens is 1. The van der Waals surface area contributed by atoms with Crippen molar-refractivity contribution in [3.05, 3.63) is 77.3 Å². The normalized spacial score (nSPS) is 19.9. The van der Waals surface area contributed by atoms with E-state index < -0.39 is 16.1 Å². The van der Waals surface area contributed by atoms with Gasteiger partial charge in [-0.05, 0) is 61.3 Å². The number of likely N-dealkylation sites (tertiary alicyclic amines) is 1. The molecule has 1 amide bonds. The zero-order valence-corrected chi connectivity index (χ0v) is 22.8. The van der Waals surface area contributed by atoms with Crippen LogP contribution in [-0.4, -0.2) is 73.7 Å². The summed E-state index contributed by atoms with van der Waals surface area (Å²) in [6.07, 6.45) is 4.07. The van der Waals surface area contributed by atoms with Crippen LogP contribution >= 0.6 is 11.6 Å². The predicted octanol–water partition coefficient (Wildman–Crippen LogP) is 4.81. The molecule has 3 aromatic rings. The van der Waals surface area contributed by atoms with Gasteiger partial charge in [0.2, 0.25) is 15.9 Å². The number of benzene rings is 3. The van der Waals surface area contributed by atoms with Crippen LogP contribution in [0.4, 0.5) is 0 Å². The van der Waals surface area contributed by atoms with Crippen molar-refractivity contribution < 1.29 is 13.2 Å². The molecule has 0 aromatic heterocycles. The van der Waals surface area contributed by atoms with E-state index in [9.17, 15) is 13.2 Å². The highest BCUT2D eigenvalue weighted by Crippen LogP contribution is 2.31. The number of rotatable bonds is 7. The maximum Gasteiger partial charge on any atom is 0.243 e. The molecule has 5 rings (SSSR count). The highest BCUT2D eigenvalue weighted by Gasteiger charge is 2.42. The van der Waals surface area contributed by atoms with Gasteiger partial charge in [0.15, 0.2) is 0 Å². The Morgan fingerprint density at radius 1 is 0.973 bits per heavy atom. The Bertz CT molecular complexity index is 1360. The molecule has 0 radical (unpaired) electrons. The van der Waals surface area contributed by atoms with E-state index in [4.69, 9.17) is 11.6 Å². The summed E-state index contributed by atoms with van der Waals surface area (Å²) < 4.78 is 28.7. The van der Waals surface area contributed by atoms with Crippen LogP contribution in [-0.2, 0) is 21.2 Å². The van der Waals surface area contributed by atoms with E-state index in [1.807, 2.05) is 30.1 Å². The first-order valence-electron chi connectivity index (χ1n) is 13.1. The molecule has 3 aromatic carbocycles. The van der Waals surface area contributed by atoms with Gasteiger partial charge in [0.25, 0.3) is 0 Å². The van der Waals surface area contributed by atoms with E-state index >= 15 is 0 Å². The largest absolute Gasteiger partial charge is 0.341 e. The molecular formula is C29H34ClN3O3S. The van der Waals surface area contributed by atoms with Gasteiger partial charge in [0.1, 0.15) is 6.04 Å². The zero-order chi connectivity index (χ0) is 26.0. The Balaban J connectivity index is 1.23. The molecule has 0 bridgehead atoms. The second kappa shape index (κ2) is 11.1. The summed E-state index contributed by atoms with van der Waals surface area (Å²) in [5.41, 5.74) is 1.34. The number of sulfonamides is 1. The van der Waals surface area contributed by atoms with Crippen LogP contribution in [0.25, 0.3) is 10.8 Å². The second-order valence-corrected chi connectivity index (χ2v) is 12.5. The van der Waals surface area contributed by atoms with Crippen LogP contribution in [0.3, 0.4) is 0 Å². The van der Waals surface area contributed by atoms with Gasteiger partial charge < -0.3 is 9.80 Å². The van der Waals surface area contributed by atoms with E-state index in [2.05, 4.69) is 29.2 Å². The lowest BCUT2D eigenvalue weighted by molar-refractivity contribution is -0.136. The Kier molecular flexibility index (Phi) is 7.86. The van der Waals surface area contributed by atoms with Gasteiger partial charge in [-0.15, -0.1) is 0 Å². The van der Waals surface area contributed by atoms with E-state index in [-0.39, 0.29) is 16.8 Å². The number of hydrogen-bond donors (Lipinski definition) is 0. The molecule has 2 saturated heterocycles. The zero-order valence-electron chi connectivity index (χ0n) is 21.2. The van der Waals surface area contributed by atoms with E-state index in [1.165, 1.54) is 9.87 Å². The minimum atomic E-state index is -3.81. The first-order valence-corrected chi connectivity index (χ1v) is 14.9. The van der Waals surface area contributed by atoms with Crippen molar-refractivity contribution in [3.8, 4) is 0 Å². The van der Waals surface area contributed by atoms with E-state index in [1.54, 1.807) is 24.3 Å². The molecule has 0 unspecified atom stereocenters. The van der Waals surface area contributed by atoms with Crippen LogP contribution < -0.4 is 0 Å². The lowest BCUT2D eigenvalue weighted by atomic mass is 10.0. The van der Waals surface area contributed by atoms with E-state index in [0.29, 0.717) is 24.4 Å². The minimum absolute atomic E-state index is 0.0901. The number of nitrogens with zero attached hydrogens (tertiary/aromatic N) is 3. The maximum absolute atomic E-state index is 13.6. The summed E-state index contributed by atoms with van der Waals surface area (Å²) in [7, 11) is -1.97. The summed E-state index contributed by atoms with van der Waals surface area (Å²) in [4.78, 5) is 18.0. The number of hydrogen-bond acceptors (Lipinski definition) is 4. The van der Waals surface area contributed by atoms with Gasteiger partial charge in [0, 0.05) is 49.7 Å². The third-order valence-electron chi connectivity index (χ3n) is 7.91. The Labute approximate surface area is 224 Å². The van der Waals surface area contributed by atoms with Crippen LogP contribution in [0, 0.1) is 0 Å². The lowest BCUT2D eigenvalue weighted by Crippen LogP contribution is -2.52. The second-order valence-electron chi connectivity index (χ2n) is 10.2. The van der Waals surface area contributed by atoms with Crippen LogP contribution in [0.1, 0.15) is 31.2 Å². The topological polar surface area (TPSA) is 60.9 Å². The molecule has 196 valence electrons. The summed E-state index contributed by atoms with van der Waals surface area (Å²) in [5.74, 6) is -0.0901. The number of likely N-dealkylation sites (N-methyl/N-ethyl adjacent to an activating group) is 1. The number of amides is 1. The number of carbonyl (C=O) groups is 1. The fourth-order valence-corrected chi connectivity index (χ4v) is 7.60. The van der Waals surface area contributed by atoms with Crippen LogP contribution in [0.15, 0.2) is 71.6 Å². The van der Waals surface area contributed by atoms with Gasteiger partial charge in [-0.1, -0.05) is 60.1 Å². The SMILES string of the molecule is CN(C(=O)[C@@H]1CCCN1S(=O)(=O)c1ccc2c(Cl)cccc2c1)C1CCN(CCc2ccccc2)CC1. The van der Waals surface area contributed by atoms with Crippen LogP contribution in [0.2, 0.25) is 5.02 Å². The van der Waals surface area contributed by atoms with E-state index in [0.717, 1.165) is 49.7 Å². The lowest BCUT2D eigenvalue weighted by Gasteiger charge is -2.38. The van der Waals surface area contributed by atoms with Crippen LogP contribution in [0.5, 0.6) is 0 Å². The monoisotopic (exact) mass is 539 g/mol. The fraction of sp³-hybridized carbons (Fsp3) is 0.414. The summed E-state index contributed by atoms with van der Waals surface area (Å²) in [6.45, 7) is 3.26. The first kappa shape index (κ1) is 26.2. The summed E-state index contributed by atoms with van der Waals surface area (Å²) in [5, 5.41) is 2.17. The molecule has 1 atom stereocenters. The van der Waals surface area contributed by atoms with Gasteiger partial charge in [-0.25, -0.2) is 8.42 Å². The highest BCUT2D eigenvalue weighted by molar-refractivity contribution is 7.89. The molecule has 37 heavy (non-hydrogen) atoms. The van der Waals surface area contributed by atoms with Crippen molar-refractivity contribution in [1.29, 1.82) is 0 Å². The average molecular weight is 540 g/mol. The third-order valence-corrected chi connectivity index (χ3v) is 10.1. The molecule has 2 fully saturated rings. The fourth-order valence-electron chi connectivity index (χ4n) is 5.67. The van der Waals surface area contributed by atoms with Crippen molar-refractivity contribution in [2.45, 2.75) is 49.1 Å². The molecule has 2 heterocycles. The molecular weight excluding hydrogens is 506 g/mol. The average Bonchev–Trinajstić information content (AvgIpc) is 3.43.